The topological polar surface area (TPSA) is 41.1 Å². The molecule has 0 aliphatic carbocycles. The quantitative estimate of drug-likeness (QED) is 0.891. The molecule has 0 bridgehead atoms. The normalized spacial score (nSPS) is 10.3. The first kappa shape index (κ1) is 15.1. The summed E-state index contributed by atoms with van der Waals surface area (Å²) in [7, 11) is 0. The molecule has 0 atom stereocenters. The highest BCUT2D eigenvalue weighted by atomic mass is 16.1. The Balaban J connectivity index is 1.96. The van der Waals surface area contributed by atoms with E-state index in [1.54, 1.807) is 0 Å². The Morgan fingerprint density at radius 3 is 1.90 bits per heavy atom. The van der Waals surface area contributed by atoms with Gasteiger partial charge in [0.2, 0.25) is 5.91 Å². The Bertz CT molecular complexity index is 662. The molecule has 0 spiro atoms. The second kappa shape index (κ2) is 6.44. The van der Waals surface area contributed by atoms with Crippen molar-refractivity contribution in [3.05, 3.63) is 58.7 Å². The van der Waals surface area contributed by atoms with Crippen molar-refractivity contribution >= 4 is 17.3 Å². The number of amides is 1. The summed E-state index contributed by atoms with van der Waals surface area (Å²) in [4.78, 5) is 12.0. The first-order valence-corrected chi connectivity index (χ1v) is 7.14. The summed E-state index contributed by atoms with van der Waals surface area (Å²) in [5.74, 6) is -0.0399. The molecule has 21 heavy (non-hydrogen) atoms. The van der Waals surface area contributed by atoms with E-state index in [9.17, 15) is 4.79 Å². The van der Waals surface area contributed by atoms with Gasteiger partial charge in [-0.2, -0.15) is 0 Å². The van der Waals surface area contributed by atoms with Crippen LogP contribution in [-0.2, 0) is 4.79 Å². The summed E-state index contributed by atoms with van der Waals surface area (Å²) >= 11 is 0. The molecular formula is C18H22N2O. The van der Waals surface area contributed by atoms with Gasteiger partial charge < -0.3 is 10.6 Å². The maximum Gasteiger partial charge on any atom is 0.243 e. The highest BCUT2D eigenvalue weighted by Gasteiger charge is 2.06. The number of carbonyl (C=O) groups is 1. The van der Waals surface area contributed by atoms with E-state index < -0.39 is 0 Å². The molecule has 0 aromatic heterocycles. The lowest BCUT2D eigenvalue weighted by Gasteiger charge is -2.12. The monoisotopic (exact) mass is 282 g/mol. The van der Waals surface area contributed by atoms with Crippen LogP contribution in [0.1, 0.15) is 22.3 Å². The largest absolute Gasteiger partial charge is 0.376 e. The zero-order valence-electron chi connectivity index (χ0n) is 13.1. The summed E-state index contributed by atoms with van der Waals surface area (Å²) < 4.78 is 0. The van der Waals surface area contributed by atoms with Crippen molar-refractivity contribution in [3.8, 4) is 0 Å². The molecule has 2 aromatic rings. The van der Waals surface area contributed by atoms with Crippen molar-refractivity contribution in [1.29, 1.82) is 0 Å². The summed E-state index contributed by atoms with van der Waals surface area (Å²) in [6.45, 7) is 8.40. The Kier molecular flexibility index (Phi) is 4.63. The van der Waals surface area contributed by atoms with Crippen LogP contribution in [0.5, 0.6) is 0 Å². The van der Waals surface area contributed by atoms with Crippen molar-refractivity contribution in [2.24, 2.45) is 0 Å². The SMILES string of the molecule is Cc1ccc(NCC(=O)Nc2ccc(C)cc2C)c(C)c1. The number of anilines is 2. The Morgan fingerprint density at radius 1 is 0.857 bits per heavy atom. The minimum atomic E-state index is -0.0399. The molecule has 1 amide bonds. The summed E-state index contributed by atoms with van der Waals surface area (Å²) in [5.41, 5.74) is 6.50. The lowest BCUT2D eigenvalue weighted by atomic mass is 10.1. The van der Waals surface area contributed by atoms with E-state index in [2.05, 4.69) is 29.7 Å². The van der Waals surface area contributed by atoms with Crippen LogP contribution in [0, 0.1) is 27.7 Å². The number of carbonyl (C=O) groups excluding carboxylic acids is 1. The first-order chi connectivity index (χ1) is 9.95. The van der Waals surface area contributed by atoms with Crippen molar-refractivity contribution in [2.45, 2.75) is 27.7 Å². The second-order valence-electron chi connectivity index (χ2n) is 5.54. The summed E-state index contributed by atoms with van der Waals surface area (Å²) in [6.07, 6.45) is 0. The van der Waals surface area contributed by atoms with Crippen LogP contribution in [0.2, 0.25) is 0 Å². The third-order valence-electron chi connectivity index (χ3n) is 3.48. The van der Waals surface area contributed by atoms with Gasteiger partial charge >= 0.3 is 0 Å². The summed E-state index contributed by atoms with van der Waals surface area (Å²) in [5, 5.41) is 6.12. The minimum absolute atomic E-state index is 0.0399. The molecule has 0 aliphatic rings. The lowest BCUT2D eigenvalue weighted by Crippen LogP contribution is -2.22. The van der Waals surface area contributed by atoms with Crippen LogP contribution in [-0.4, -0.2) is 12.5 Å². The van der Waals surface area contributed by atoms with Crippen LogP contribution in [0.4, 0.5) is 11.4 Å². The van der Waals surface area contributed by atoms with Gasteiger partial charge in [0.25, 0.3) is 0 Å². The van der Waals surface area contributed by atoms with Crippen LogP contribution in [0.15, 0.2) is 36.4 Å². The number of benzene rings is 2. The van der Waals surface area contributed by atoms with E-state index in [1.807, 2.05) is 45.0 Å². The molecule has 0 unspecified atom stereocenters. The van der Waals surface area contributed by atoms with E-state index in [1.165, 1.54) is 11.1 Å². The highest BCUT2D eigenvalue weighted by molar-refractivity contribution is 5.94. The van der Waals surface area contributed by atoms with Gasteiger partial charge in [0, 0.05) is 11.4 Å². The number of aryl methyl sites for hydroxylation is 4. The second-order valence-corrected chi connectivity index (χ2v) is 5.54. The van der Waals surface area contributed by atoms with E-state index in [0.29, 0.717) is 0 Å². The van der Waals surface area contributed by atoms with Gasteiger partial charge in [-0.25, -0.2) is 0 Å². The van der Waals surface area contributed by atoms with Crippen molar-refractivity contribution < 1.29 is 4.79 Å². The molecule has 3 heteroatoms. The molecule has 2 N–H and O–H groups in total. The average molecular weight is 282 g/mol. The number of hydrogen-bond donors (Lipinski definition) is 2. The molecule has 0 saturated carbocycles. The van der Waals surface area contributed by atoms with Crippen molar-refractivity contribution in [2.75, 3.05) is 17.2 Å². The molecule has 2 rings (SSSR count). The van der Waals surface area contributed by atoms with E-state index in [0.717, 1.165) is 22.5 Å². The Hall–Kier alpha value is -2.29. The molecule has 0 saturated heterocycles. The van der Waals surface area contributed by atoms with E-state index in [4.69, 9.17) is 0 Å². The molecule has 0 heterocycles. The molecule has 3 nitrogen and oxygen atoms in total. The zero-order valence-corrected chi connectivity index (χ0v) is 13.1. The molecule has 0 fully saturated rings. The van der Waals surface area contributed by atoms with Gasteiger partial charge in [-0.1, -0.05) is 35.4 Å². The minimum Gasteiger partial charge on any atom is -0.376 e. The maximum absolute atomic E-state index is 12.0. The van der Waals surface area contributed by atoms with Gasteiger partial charge in [-0.15, -0.1) is 0 Å². The first-order valence-electron chi connectivity index (χ1n) is 7.14. The standard InChI is InChI=1S/C18H22N2O/c1-12-5-7-16(14(3)9-12)19-11-18(21)20-17-8-6-13(2)10-15(17)4/h5-10,19H,11H2,1-4H3,(H,20,21). The van der Waals surface area contributed by atoms with Crippen LogP contribution < -0.4 is 10.6 Å². The van der Waals surface area contributed by atoms with Gasteiger partial charge in [0.05, 0.1) is 6.54 Å². The van der Waals surface area contributed by atoms with Gasteiger partial charge in [-0.3, -0.25) is 4.79 Å². The van der Waals surface area contributed by atoms with Crippen molar-refractivity contribution in [3.63, 3.8) is 0 Å². The fourth-order valence-corrected chi connectivity index (χ4v) is 2.34. The van der Waals surface area contributed by atoms with E-state index >= 15 is 0 Å². The van der Waals surface area contributed by atoms with Crippen LogP contribution in [0.25, 0.3) is 0 Å². The lowest BCUT2D eigenvalue weighted by molar-refractivity contribution is -0.114. The van der Waals surface area contributed by atoms with Gasteiger partial charge in [0.1, 0.15) is 0 Å². The predicted octanol–water partition coefficient (Wildman–Crippen LogP) is 3.97. The van der Waals surface area contributed by atoms with Gasteiger partial charge in [0.15, 0.2) is 0 Å². The molecule has 0 radical (unpaired) electrons. The molecule has 110 valence electrons. The summed E-state index contributed by atoms with van der Waals surface area (Å²) in [6, 6.07) is 12.2. The maximum atomic E-state index is 12.0. The molecule has 2 aromatic carbocycles. The highest BCUT2D eigenvalue weighted by Crippen LogP contribution is 2.17. The fourth-order valence-electron chi connectivity index (χ4n) is 2.34. The molecular weight excluding hydrogens is 260 g/mol. The zero-order chi connectivity index (χ0) is 15.4. The Labute approximate surface area is 126 Å². The number of nitrogens with one attached hydrogen (secondary N) is 2. The third-order valence-corrected chi connectivity index (χ3v) is 3.48. The fraction of sp³-hybridized carbons (Fsp3) is 0.278. The Morgan fingerprint density at radius 2 is 1.38 bits per heavy atom. The van der Waals surface area contributed by atoms with E-state index in [-0.39, 0.29) is 12.5 Å². The average Bonchev–Trinajstić information content (AvgIpc) is 2.41. The van der Waals surface area contributed by atoms with Crippen LogP contribution in [0.3, 0.4) is 0 Å². The van der Waals surface area contributed by atoms with Crippen LogP contribution >= 0.6 is 0 Å². The smallest absolute Gasteiger partial charge is 0.243 e. The van der Waals surface area contributed by atoms with Gasteiger partial charge in [-0.05, 0) is 51.0 Å². The van der Waals surface area contributed by atoms with Crippen molar-refractivity contribution in [1.82, 2.24) is 0 Å². The molecule has 0 aliphatic heterocycles. The third kappa shape index (κ3) is 4.09. The number of hydrogen-bond acceptors (Lipinski definition) is 2. The number of rotatable bonds is 4. The predicted molar refractivity (Wildman–Crippen MR) is 89.0 cm³/mol.